The van der Waals surface area contributed by atoms with Crippen molar-refractivity contribution in [1.29, 1.82) is 5.26 Å². The summed E-state index contributed by atoms with van der Waals surface area (Å²) >= 11 is 0. The number of nitrogens with zero attached hydrogens (tertiary/aromatic N) is 4. The molecule has 1 heterocycles. The Morgan fingerprint density at radius 3 is 2.32 bits per heavy atom. The highest BCUT2D eigenvalue weighted by Crippen LogP contribution is 2.26. The molecule has 140 valence electrons. The van der Waals surface area contributed by atoms with Crippen LogP contribution in [0.1, 0.15) is 23.0 Å². The topological polar surface area (TPSA) is 107 Å². The highest BCUT2D eigenvalue weighted by molar-refractivity contribution is 5.89. The molecule has 0 N–H and O–H groups in total. The molecule has 3 aromatic rings. The van der Waals surface area contributed by atoms with Crippen molar-refractivity contribution in [1.82, 2.24) is 15.2 Å². The minimum absolute atomic E-state index is 0.0380. The van der Waals surface area contributed by atoms with Crippen LogP contribution in [0.15, 0.2) is 48.5 Å². The van der Waals surface area contributed by atoms with Crippen LogP contribution >= 0.6 is 0 Å². The van der Waals surface area contributed by atoms with E-state index in [2.05, 4.69) is 15.2 Å². The number of rotatable bonds is 6. The molecular weight excluding hydrogens is 360 g/mol. The van der Waals surface area contributed by atoms with Crippen LogP contribution in [-0.4, -0.2) is 34.9 Å². The van der Waals surface area contributed by atoms with Gasteiger partial charge in [-0.1, -0.05) is 0 Å². The van der Waals surface area contributed by atoms with Gasteiger partial charge in [0, 0.05) is 5.56 Å². The molecule has 0 unspecified atom stereocenters. The van der Waals surface area contributed by atoms with E-state index in [1.54, 1.807) is 62.6 Å². The Bertz CT molecular complexity index is 1010. The maximum absolute atomic E-state index is 12.2. The van der Waals surface area contributed by atoms with E-state index in [1.165, 1.54) is 0 Å². The average molecular weight is 376 g/mol. The Morgan fingerprint density at radius 2 is 1.71 bits per heavy atom. The van der Waals surface area contributed by atoms with E-state index in [0.717, 1.165) is 0 Å². The van der Waals surface area contributed by atoms with Crippen molar-refractivity contribution in [3.8, 4) is 34.8 Å². The number of hydrogen-bond acceptors (Lipinski definition) is 8. The van der Waals surface area contributed by atoms with Gasteiger partial charge in [0.25, 0.3) is 5.88 Å². The van der Waals surface area contributed by atoms with Crippen molar-refractivity contribution in [2.75, 3.05) is 13.7 Å². The summed E-state index contributed by atoms with van der Waals surface area (Å²) in [6.07, 6.45) is 0. The third-order valence-electron chi connectivity index (χ3n) is 3.67. The molecular formula is C20H16N4O4. The molecule has 0 saturated carbocycles. The van der Waals surface area contributed by atoms with Gasteiger partial charge >= 0.3 is 5.97 Å². The molecule has 0 aliphatic rings. The lowest BCUT2D eigenvalue weighted by atomic mass is 10.2. The van der Waals surface area contributed by atoms with Gasteiger partial charge in [-0.25, -0.2) is 4.79 Å². The number of esters is 1. The van der Waals surface area contributed by atoms with Crippen molar-refractivity contribution < 1.29 is 19.0 Å². The standard InChI is InChI=1S/C20H16N4O4/c1-3-27-20(25)17-19(28-16-8-4-13(12-21)5-9-16)22-18(24-23-17)14-6-10-15(26-2)11-7-14/h4-11H,3H2,1-2H3. The van der Waals surface area contributed by atoms with E-state index in [4.69, 9.17) is 19.5 Å². The van der Waals surface area contributed by atoms with Gasteiger partial charge in [0.2, 0.25) is 5.69 Å². The number of ether oxygens (including phenoxy) is 3. The third-order valence-corrected chi connectivity index (χ3v) is 3.67. The minimum Gasteiger partial charge on any atom is -0.497 e. The Labute approximate surface area is 161 Å². The van der Waals surface area contributed by atoms with Crippen LogP contribution in [-0.2, 0) is 4.74 Å². The van der Waals surface area contributed by atoms with Crippen LogP contribution in [0.3, 0.4) is 0 Å². The first-order valence-corrected chi connectivity index (χ1v) is 8.39. The van der Waals surface area contributed by atoms with E-state index in [0.29, 0.717) is 22.6 Å². The Morgan fingerprint density at radius 1 is 1.04 bits per heavy atom. The maximum atomic E-state index is 12.2. The highest BCUT2D eigenvalue weighted by Gasteiger charge is 2.21. The average Bonchev–Trinajstić information content (AvgIpc) is 2.74. The second-order valence-corrected chi connectivity index (χ2v) is 5.48. The monoisotopic (exact) mass is 376 g/mol. The lowest BCUT2D eigenvalue weighted by Crippen LogP contribution is -2.12. The fourth-order valence-electron chi connectivity index (χ4n) is 2.28. The predicted molar refractivity (Wildman–Crippen MR) is 99.0 cm³/mol. The first-order chi connectivity index (χ1) is 13.6. The summed E-state index contributed by atoms with van der Waals surface area (Å²) < 4.78 is 15.9. The zero-order valence-electron chi connectivity index (χ0n) is 15.2. The molecule has 0 radical (unpaired) electrons. The molecule has 0 spiro atoms. The first-order valence-electron chi connectivity index (χ1n) is 8.39. The smallest absolute Gasteiger partial charge is 0.364 e. The molecule has 0 amide bonds. The van der Waals surface area contributed by atoms with Crippen molar-refractivity contribution in [2.45, 2.75) is 6.92 Å². The Balaban J connectivity index is 1.99. The van der Waals surface area contributed by atoms with E-state index in [-0.39, 0.29) is 24.0 Å². The molecule has 0 saturated heterocycles. The molecule has 8 heteroatoms. The number of hydrogen-bond donors (Lipinski definition) is 0. The zero-order valence-corrected chi connectivity index (χ0v) is 15.2. The lowest BCUT2D eigenvalue weighted by molar-refractivity contribution is 0.0514. The van der Waals surface area contributed by atoms with E-state index in [9.17, 15) is 4.79 Å². The molecule has 0 bridgehead atoms. The molecule has 1 aromatic heterocycles. The summed E-state index contributed by atoms with van der Waals surface area (Å²) in [6.45, 7) is 1.86. The van der Waals surface area contributed by atoms with Crippen LogP contribution in [0.2, 0.25) is 0 Å². The zero-order chi connectivity index (χ0) is 19.9. The largest absolute Gasteiger partial charge is 0.497 e. The van der Waals surface area contributed by atoms with E-state index < -0.39 is 5.97 Å². The van der Waals surface area contributed by atoms with Crippen molar-refractivity contribution in [3.63, 3.8) is 0 Å². The molecule has 0 fully saturated rings. The maximum Gasteiger partial charge on any atom is 0.364 e. The van der Waals surface area contributed by atoms with Crippen LogP contribution in [0.5, 0.6) is 17.4 Å². The molecule has 0 atom stereocenters. The highest BCUT2D eigenvalue weighted by atomic mass is 16.5. The fraction of sp³-hybridized carbons (Fsp3) is 0.150. The number of carbonyl (C=O) groups is 1. The first kappa shape index (κ1) is 18.8. The molecule has 8 nitrogen and oxygen atoms in total. The third kappa shape index (κ3) is 4.22. The summed E-state index contributed by atoms with van der Waals surface area (Å²) in [5.41, 5.74) is 1.02. The number of nitriles is 1. The molecule has 3 rings (SSSR count). The molecule has 28 heavy (non-hydrogen) atoms. The number of carbonyl (C=O) groups excluding carboxylic acids is 1. The van der Waals surface area contributed by atoms with Crippen molar-refractivity contribution >= 4 is 5.97 Å². The summed E-state index contributed by atoms with van der Waals surface area (Å²) in [6, 6.07) is 15.5. The van der Waals surface area contributed by atoms with Gasteiger partial charge in [-0.2, -0.15) is 10.2 Å². The summed E-state index contributed by atoms with van der Waals surface area (Å²) in [5, 5.41) is 16.9. The fourth-order valence-corrected chi connectivity index (χ4v) is 2.28. The molecule has 0 aliphatic carbocycles. The van der Waals surface area contributed by atoms with Crippen molar-refractivity contribution in [3.05, 3.63) is 59.8 Å². The van der Waals surface area contributed by atoms with E-state index >= 15 is 0 Å². The van der Waals surface area contributed by atoms with Gasteiger partial charge in [0.05, 0.1) is 25.3 Å². The quantitative estimate of drug-likeness (QED) is 0.603. The van der Waals surface area contributed by atoms with Gasteiger partial charge in [-0.15, -0.1) is 10.2 Å². The Kier molecular flexibility index (Phi) is 5.77. The molecule has 0 aliphatic heterocycles. The Hall–Kier alpha value is -3.99. The summed E-state index contributed by atoms with van der Waals surface area (Å²) in [5.74, 6) is 0.635. The van der Waals surface area contributed by atoms with Crippen LogP contribution < -0.4 is 9.47 Å². The van der Waals surface area contributed by atoms with Gasteiger partial charge < -0.3 is 14.2 Å². The number of methoxy groups -OCH3 is 1. The van der Waals surface area contributed by atoms with Crippen LogP contribution in [0.4, 0.5) is 0 Å². The van der Waals surface area contributed by atoms with Crippen molar-refractivity contribution in [2.24, 2.45) is 0 Å². The lowest BCUT2D eigenvalue weighted by Gasteiger charge is -2.10. The normalized spacial score (nSPS) is 10.0. The van der Waals surface area contributed by atoms with E-state index in [1.807, 2.05) is 6.07 Å². The summed E-state index contributed by atoms with van der Waals surface area (Å²) in [7, 11) is 1.57. The van der Waals surface area contributed by atoms with Gasteiger partial charge in [0.15, 0.2) is 5.82 Å². The minimum atomic E-state index is -0.688. The van der Waals surface area contributed by atoms with Gasteiger partial charge in [-0.3, -0.25) is 0 Å². The SMILES string of the molecule is CCOC(=O)c1nnc(-c2ccc(OC)cc2)nc1Oc1ccc(C#N)cc1. The number of aromatic nitrogens is 3. The van der Waals surface area contributed by atoms with Gasteiger partial charge in [-0.05, 0) is 55.5 Å². The second-order valence-electron chi connectivity index (χ2n) is 5.48. The van der Waals surface area contributed by atoms with Crippen LogP contribution in [0, 0.1) is 11.3 Å². The van der Waals surface area contributed by atoms with Gasteiger partial charge in [0.1, 0.15) is 11.5 Å². The summed E-state index contributed by atoms with van der Waals surface area (Å²) in [4.78, 5) is 16.5. The predicted octanol–water partition coefficient (Wildman–Crippen LogP) is 3.39. The number of benzene rings is 2. The second kappa shape index (κ2) is 8.60. The van der Waals surface area contributed by atoms with Crippen LogP contribution in [0.25, 0.3) is 11.4 Å². The molecule has 2 aromatic carbocycles.